The molecule has 0 radical (unpaired) electrons. The van der Waals surface area contributed by atoms with Crippen LogP contribution < -0.4 is 11.1 Å². The van der Waals surface area contributed by atoms with Gasteiger partial charge in [0.25, 0.3) is 0 Å². The Labute approximate surface area is 129 Å². The monoisotopic (exact) mass is 298 g/mol. The summed E-state index contributed by atoms with van der Waals surface area (Å²) in [5.74, 6) is 0.730. The van der Waals surface area contributed by atoms with Gasteiger partial charge in [-0.3, -0.25) is 4.98 Å². The Morgan fingerprint density at radius 1 is 1.29 bits per heavy atom. The molecule has 3 N–H and O–H groups in total. The van der Waals surface area contributed by atoms with Crippen molar-refractivity contribution in [1.29, 1.82) is 0 Å². The van der Waals surface area contributed by atoms with Crippen molar-refractivity contribution in [2.24, 2.45) is 5.73 Å². The molecule has 21 heavy (non-hydrogen) atoms. The molecule has 3 rings (SSSR count). The molecule has 5 heteroatoms. The number of nitrogens with zero attached hydrogens (tertiary/aromatic N) is 2. The van der Waals surface area contributed by atoms with Gasteiger partial charge < -0.3 is 11.1 Å². The summed E-state index contributed by atoms with van der Waals surface area (Å²) in [4.78, 5) is 9.40. The highest BCUT2D eigenvalue weighted by Crippen LogP contribution is 2.26. The van der Waals surface area contributed by atoms with Gasteiger partial charge >= 0.3 is 0 Å². The van der Waals surface area contributed by atoms with Crippen LogP contribution >= 0.6 is 12.2 Å². The number of hydrogen-bond acceptors (Lipinski definition) is 4. The van der Waals surface area contributed by atoms with Crippen LogP contribution in [0, 0.1) is 6.92 Å². The summed E-state index contributed by atoms with van der Waals surface area (Å²) >= 11 is 5.17. The van der Waals surface area contributed by atoms with Crippen molar-refractivity contribution in [2.75, 3.05) is 5.32 Å². The van der Waals surface area contributed by atoms with Crippen molar-refractivity contribution in [1.82, 2.24) is 9.97 Å². The summed E-state index contributed by atoms with van der Waals surface area (Å²) < 4.78 is 0. The fourth-order valence-electron chi connectivity index (χ4n) is 2.60. The first-order valence-electron chi connectivity index (χ1n) is 7.16. The minimum Gasteiger partial charge on any atom is -0.389 e. The van der Waals surface area contributed by atoms with Crippen LogP contribution in [0.1, 0.15) is 35.4 Å². The first kappa shape index (κ1) is 13.9. The number of anilines is 2. The molecule has 0 unspecified atom stereocenters. The average Bonchev–Trinajstić information content (AvgIpc) is 2.48. The highest BCUT2D eigenvalue weighted by Gasteiger charge is 2.16. The van der Waals surface area contributed by atoms with Gasteiger partial charge in [-0.15, -0.1) is 0 Å². The first-order valence-corrected chi connectivity index (χ1v) is 7.56. The van der Waals surface area contributed by atoms with E-state index in [0.717, 1.165) is 41.3 Å². The molecule has 1 aliphatic rings. The zero-order valence-corrected chi connectivity index (χ0v) is 12.8. The molecule has 0 saturated heterocycles. The van der Waals surface area contributed by atoms with E-state index in [0.29, 0.717) is 4.99 Å². The second-order valence-corrected chi connectivity index (χ2v) is 5.81. The van der Waals surface area contributed by atoms with Crippen molar-refractivity contribution in [3.8, 4) is 0 Å². The molecule has 0 aromatic carbocycles. The predicted molar refractivity (Wildman–Crippen MR) is 89.0 cm³/mol. The van der Waals surface area contributed by atoms with Gasteiger partial charge in [0.1, 0.15) is 10.8 Å². The Morgan fingerprint density at radius 3 is 2.81 bits per heavy atom. The van der Waals surface area contributed by atoms with Crippen molar-refractivity contribution >= 4 is 28.7 Å². The summed E-state index contributed by atoms with van der Waals surface area (Å²) in [6.45, 7) is 1.96. The SMILES string of the molecule is Cc1ccc(Nc2nc3c(cc2C(N)=S)CCCC3)cn1. The van der Waals surface area contributed by atoms with Crippen LogP contribution in [-0.4, -0.2) is 15.0 Å². The van der Waals surface area contributed by atoms with Gasteiger partial charge in [-0.05, 0) is 56.4 Å². The van der Waals surface area contributed by atoms with Crippen molar-refractivity contribution < 1.29 is 0 Å². The predicted octanol–water partition coefficient (Wildman–Crippen LogP) is 3.04. The number of aryl methyl sites for hydroxylation is 3. The second kappa shape index (κ2) is 5.77. The number of nitrogens with one attached hydrogen (secondary N) is 1. The van der Waals surface area contributed by atoms with Gasteiger partial charge in [0, 0.05) is 11.4 Å². The second-order valence-electron chi connectivity index (χ2n) is 5.37. The lowest BCUT2D eigenvalue weighted by Crippen LogP contribution is -2.16. The van der Waals surface area contributed by atoms with Gasteiger partial charge in [0.05, 0.1) is 17.4 Å². The third kappa shape index (κ3) is 3.03. The van der Waals surface area contributed by atoms with Gasteiger partial charge in [0.15, 0.2) is 0 Å². The van der Waals surface area contributed by atoms with Crippen LogP contribution in [0.25, 0.3) is 0 Å². The quantitative estimate of drug-likeness (QED) is 0.853. The van der Waals surface area contributed by atoms with E-state index in [9.17, 15) is 0 Å². The minimum atomic E-state index is 0.374. The van der Waals surface area contributed by atoms with Crippen LogP contribution in [-0.2, 0) is 12.8 Å². The van der Waals surface area contributed by atoms with E-state index >= 15 is 0 Å². The van der Waals surface area contributed by atoms with E-state index in [1.165, 1.54) is 18.4 Å². The van der Waals surface area contributed by atoms with Gasteiger partial charge in [0.2, 0.25) is 0 Å². The fraction of sp³-hybridized carbons (Fsp3) is 0.312. The Morgan fingerprint density at radius 2 is 2.10 bits per heavy atom. The molecule has 0 atom stereocenters. The van der Waals surface area contributed by atoms with Crippen LogP contribution in [0.3, 0.4) is 0 Å². The molecule has 2 aromatic heterocycles. The topological polar surface area (TPSA) is 63.8 Å². The lowest BCUT2D eigenvalue weighted by atomic mass is 9.94. The molecule has 0 spiro atoms. The van der Waals surface area contributed by atoms with Gasteiger partial charge in [-0.25, -0.2) is 4.98 Å². The van der Waals surface area contributed by atoms with E-state index < -0.39 is 0 Å². The molecule has 4 nitrogen and oxygen atoms in total. The summed E-state index contributed by atoms with van der Waals surface area (Å²) in [5.41, 5.74) is 11.0. The molecule has 0 amide bonds. The smallest absolute Gasteiger partial charge is 0.140 e. The highest BCUT2D eigenvalue weighted by atomic mass is 32.1. The van der Waals surface area contributed by atoms with E-state index in [1.54, 1.807) is 6.20 Å². The normalized spacial score (nSPS) is 13.6. The van der Waals surface area contributed by atoms with Crippen LogP contribution in [0.4, 0.5) is 11.5 Å². The zero-order valence-electron chi connectivity index (χ0n) is 12.0. The van der Waals surface area contributed by atoms with E-state index in [4.69, 9.17) is 22.9 Å². The number of fused-ring (bicyclic) bond motifs is 1. The van der Waals surface area contributed by atoms with E-state index in [2.05, 4.69) is 16.4 Å². The minimum absolute atomic E-state index is 0.374. The van der Waals surface area contributed by atoms with Gasteiger partial charge in [-0.1, -0.05) is 12.2 Å². The molecule has 108 valence electrons. The Kier molecular flexibility index (Phi) is 3.84. The maximum atomic E-state index is 5.86. The van der Waals surface area contributed by atoms with Gasteiger partial charge in [-0.2, -0.15) is 0 Å². The molecule has 0 saturated carbocycles. The molecule has 0 bridgehead atoms. The molecule has 0 fully saturated rings. The van der Waals surface area contributed by atoms with Crippen molar-refractivity contribution in [3.63, 3.8) is 0 Å². The maximum absolute atomic E-state index is 5.86. The molecule has 2 heterocycles. The van der Waals surface area contributed by atoms with Crippen molar-refractivity contribution in [3.05, 3.63) is 46.9 Å². The number of hydrogen-bond donors (Lipinski definition) is 2. The molecule has 1 aliphatic carbocycles. The molecule has 0 aliphatic heterocycles. The Hall–Kier alpha value is -2.01. The molecular weight excluding hydrogens is 280 g/mol. The standard InChI is InChI=1S/C16H18N4S/c1-10-6-7-12(9-18-10)19-16-13(15(17)21)8-11-4-2-3-5-14(11)20-16/h6-9H,2-5H2,1H3,(H2,17,21)(H,19,20). The maximum Gasteiger partial charge on any atom is 0.140 e. The summed E-state index contributed by atoms with van der Waals surface area (Å²) in [6.07, 6.45) is 6.27. The third-order valence-corrected chi connectivity index (χ3v) is 3.96. The molecular formula is C16H18N4S. The van der Waals surface area contributed by atoms with Crippen LogP contribution in [0.2, 0.25) is 0 Å². The number of pyridine rings is 2. The van der Waals surface area contributed by atoms with E-state index in [-0.39, 0.29) is 0 Å². The Balaban J connectivity index is 1.99. The Bertz CT molecular complexity index is 679. The van der Waals surface area contributed by atoms with Crippen LogP contribution in [0.5, 0.6) is 0 Å². The highest BCUT2D eigenvalue weighted by molar-refractivity contribution is 7.80. The lowest BCUT2D eigenvalue weighted by molar-refractivity contribution is 0.668. The van der Waals surface area contributed by atoms with E-state index in [1.807, 2.05) is 19.1 Å². The lowest BCUT2D eigenvalue weighted by Gasteiger charge is -2.19. The summed E-state index contributed by atoms with van der Waals surface area (Å²) in [5, 5.41) is 3.29. The number of rotatable bonds is 3. The number of aromatic nitrogens is 2. The average molecular weight is 298 g/mol. The summed E-state index contributed by atoms with van der Waals surface area (Å²) in [7, 11) is 0. The van der Waals surface area contributed by atoms with Crippen molar-refractivity contribution in [2.45, 2.75) is 32.6 Å². The molecule has 2 aromatic rings. The number of thiocarbonyl (C=S) groups is 1. The fourth-order valence-corrected chi connectivity index (χ4v) is 2.75. The largest absolute Gasteiger partial charge is 0.389 e. The first-order chi connectivity index (χ1) is 10.1. The third-order valence-electron chi connectivity index (χ3n) is 3.74. The zero-order chi connectivity index (χ0) is 14.8. The number of nitrogens with two attached hydrogens (primary N) is 1. The van der Waals surface area contributed by atoms with Crippen LogP contribution in [0.15, 0.2) is 24.4 Å². The summed E-state index contributed by atoms with van der Waals surface area (Å²) in [6, 6.07) is 6.03.